The first kappa shape index (κ1) is 21.8. The van der Waals surface area contributed by atoms with Crippen molar-refractivity contribution in [3.63, 3.8) is 0 Å². The molecule has 24 heavy (non-hydrogen) atoms. The Morgan fingerprint density at radius 3 is 2.38 bits per heavy atom. The second kappa shape index (κ2) is 9.84. The number of carbonyl (C=O) groups excluding carboxylic acids is 2. The molecular weight excluding hydrogens is 325 g/mol. The molecule has 1 amide bonds. The normalized spacial score (nSPS) is 16.1. The van der Waals surface area contributed by atoms with Crippen LogP contribution in [0.1, 0.15) is 40.0 Å². The van der Waals surface area contributed by atoms with Gasteiger partial charge >= 0.3 is 6.18 Å². The number of aldehydes is 1. The van der Waals surface area contributed by atoms with Crippen LogP contribution in [0.2, 0.25) is 0 Å². The Bertz CT molecular complexity index is 527. The number of nitrogens with zero attached hydrogens (tertiary/aromatic N) is 2. The van der Waals surface area contributed by atoms with Gasteiger partial charge in [-0.25, -0.2) is 0 Å². The van der Waals surface area contributed by atoms with E-state index in [4.69, 9.17) is 5.73 Å². The van der Waals surface area contributed by atoms with Crippen molar-refractivity contribution in [1.29, 1.82) is 0 Å². The van der Waals surface area contributed by atoms with Crippen LogP contribution in [0, 0.1) is 5.41 Å². The summed E-state index contributed by atoms with van der Waals surface area (Å²) in [5.41, 5.74) is 4.34. The lowest BCUT2D eigenvalue weighted by atomic mass is 9.86. The summed E-state index contributed by atoms with van der Waals surface area (Å²) in [6, 6.07) is 0. The Kier molecular flexibility index (Phi) is 8.94. The van der Waals surface area contributed by atoms with Gasteiger partial charge in [0.05, 0.1) is 12.1 Å². The van der Waals surface area contributed by atoms with Crippen LogP contribution in [0.5, 0.6) is 0 Å². The molecule has 6 nitrogen and oxygen atoms in total. The molecule has 0 saturated carbocycles. The molecule has 1 unspecified atom stereocenters. The molecule has 0 aliphatic rings. The molecule has 0 radical (unpaired) electrons. The van der Waals surface area contributed by atoms with Crippen molar-refractivity contribution < 1.29 is 22.8 Å². The summed E-state index contributed by atoms with van der Waals surface area (Å²) in [6.07, 6.45) is -1.40. The van der Waals surface area contributed by atoms with E-state index in [0.29, 0.717) is 18.4 Å². The molecule has 0 aliphatic carbocycles. The quantitative estimate of drug-likeness (QED) is 0.380. The lowest BCUT2D eigenvalue weighted by molar-refractivity contribution is -0.140. The maximum absolute atomic E-state index is 12.1. The molecule has 3 N–H and O–H groups in total. The Balaban J connectivity index is 4.92. The zero-order chi connectivity index (χ0) is 18.8. The van der Waals surface area contributed by atoms with E-state index in [2.05, 4.69) is 15.5 Å². The topological polar surface area (TPSA) is 96.9 Å². The lowest BCUT2D eigenvalue weighted by Gasteiger charge is -2.22. The van der Waals surface area contributed by atoms with Gasteiger partial charge in [-0.1, -0.05) is 13.0 Å². The molecule has 136 valence electrons. The summed E-state index contributed by atoms with van der Waals surface area (Å²) in [5.74, 6) is -0.604. The van der Waals surface area contributed by atoms with E-state index >= 15 is 0 Å². The average Bonchev–Trinajstić information content (AvgIpc) is 2.50. The van der Waals surface area contributed by atoms with E-state index in [-0.39, 0.29) is 12.2 Å². The number of allylic oxidation sites excluding steroid dienone is 3. The van der Waals surface area contributed by atoms with Gasteiger partial charge in [-0.15, -0.1) is 5.11 Å². The smallest absolute Gasteiger partial charge is 0.382 e. The van der Waals surface area contributed by atoms with Gasteiger partial charge in [0.15, 0.2) is 0 Å². The number of nitrogens with one attached hydrogen (secondary N) is 1. The number of rotatable bonds is 9. The fraction of sp³-hybridized carbons (Fsp3) is 0.600. The molecule has 0 aliphatic heterocycles. The Hall–Kier alpha value is -2.19. The van der Waals surface area contributed by atoms with Gasteiger partial charge < -0.3 is 15.8 Å². The molecule has 0 bridgehead atoms. The summed E-state index contributed by atoms with van der Waals surface area (Å²) < 4.78 is 36.3. The van der Waals surface area contributed by atoms with Crippen LogP contribution in [0.15, 0.2) is 33.9 Å². The van der Waals surface area contributed by atoms with Crippen molar-refractivity contribution >= 4 is 12.2 Å². The van der Waals surface area contributed by atoms with Crippen molar-refractivity contribution in [2.24, 2.45) is 21.4 Å². The minimum Gasteiger partial charge on any atom is -0.382 e. The van der Waals surface area contributed by atoms with Crippen molar-refractivity contribution in [3.05, 3.63) is 23.7 Å². The molecule has 1 atom stereocenters. The van der Waals surface area contributed by atoms with Crippen molar-refractivity contribution in [2.75, 3.05) is 6.54 Å². The predicted octanol–water partition coefficient (Wildman–Crippen LogP) is 3.22. The maximum atomic E-state index is 12.1. The zero-order valence-electron chi connectivity index (χ0n) is 14.0. The van der Waals surface area contributed by atoms with E-state index in [9.17, 15) is 22.8 Å². The fourth-order valence-corrected chi connectivity index (χ4v) is 1.64. The number of carbonyl (C=O) groups is 2. The van der Waals surface area contributed by atoms with E-state index in [1.807, 2.05) is 6.92 Å². The van der Waals surface area contributed by atoms with E-state index in [1.165, 1.54) is 6.92 Å². The summed E-state index contributed by atoms with van der Waals surface area (Å²) in [4.78, 5) is 23.3. The number of amides is 1. The molecule has 0 rings (SSSR count). The molecular formula is C15H23F3N4O2. The average molecular weight is 348 g/mol. The maximum Gasteiger partial charge on any atom is 0.390 e. The van der Waals surface area contributed by atoms with Crippen molar-refractivity contribution in [3.8, 4) is 0 Å². The third-order valence-corrected chi connectivity index (χ3v) is 3.06. The van der Waals surface area contributed by atoms with Crippen LogP contribution >= 0.6 is 0 Å². The fourth-order valence-electron chi connectivity index (χ4n) is 1.64. The lowest BCUT2D eigenvalue weighted by Crippen LogP contribution is -2.41. The number of halogens is 3. The summed E-state index contributed by atoms with van der Waals surface area (Å²) in [7, 11) is 0. The SMILES string of the molecule is C\C=C(CC(C)(C=O)C(=O)NCCC(F)(F)F)/N=N\C(N)=C/CC. The second-order valence-corrected chi connectivity index (χ2v) is 5.35. The van der Waals surface area contributed by atoms with Gasteiger partial charge in [0.1, 0.15) is 17.5 Å². The first-order chi connectivity index (χ1) is 11.1. The van der Waals surface area contributed by atoms with Crippen LogP contribution in [0.25, 0.3) is 0 Å². The molecule has 0 aromatic heterocycles. The molecule has 0 fully saturated rings. The zero-order valence-corrected chi connectivity index (χ0v) is 14.0. The van der Waals surface area contributed by atoms with Crippen LogP contribution in [0.3, 0.4) is 0 Å². The van der Waals surface area contributed by atoms with Crippen molar-refractivity contribution in [1.82, 2.24) is 5.32 Å². The molecule has 0 heterocycles. The van der Waals surface area contributed by atoms with Gasteiger partial charge in [0.2, 0.25) is 5.91 Å². The van der Waals surface area contributed by atoms with Crippen LogP contribution in [-0.4, -0.2) is 24.9 Å². The highest BCUT2D eigenvalue weighted by atomic mass is 19.4. The van der Waals surface area contributed by atoms with Crippen LogP contribution < -0.4 is 11.1 Å². The Morgan fingerprint density at radius 1 is 1.29 bits per heavy atom. The largest absolute Gasteiger partial charge is 0.390 e. The third kappa shape index (κ3) is 8.44. The number of hydrogen-bond donors (Lipinski definition) is 2. The highest BCUT2D eigenvalue weighted by molar-refractivity contribution is 5.96. The van der Waals surface area contributed by atoms with E-state index < -0.39 is 30.5 Å². The number of alkyl halides is 3. The molecule has 0 spiro atoms. The Morgan fingerprint density at radius 2 is 1.92 bits per heavy atom. The molecule has 0 saturated heterocycles. The molecule has 9 heteroatoms. The van der Waals surface area contributed by atoms with Crippen LogP contribution in [0.4, 0.5) is 13.2 Å². The summed E-state index contributed by atoms with van der Waals surface area (Å²) in [5, 5.41) is 9.75. The standard InChI is InChI=1S/C15H23F3N4O2/c1-4-6-12(19)22-21-11(5-2)9-14(3,10-23)13(24)20-8-7-15(16,17)18/h5-6,10H,4,7-9,19H2,1-3H3,(H,20,24)/b11-5-,12-6-,22-21-. The first-order valence-electron chi connectivity index (χ1n) is 7.42. The number of hydrogen-bond acceptors (Lipinski definition) is 5. The highest BCUT2D eigenvalue weighted by Gasteiger charge is 2.35. The predicted molar refractivity (Wildman–Crippen MR) is 83.6 cm³/mol. The summed E-state index contributed by atoms with van der Waals surface area (Å²) in [6.45, 7) is 4.24. The van der Waals surface area contributed by atoms with Gasteiger partial charge in [-0.3, -0.25) is 4.79 Å². The van der Waals surface area contributed by atoms with Crippen molar-refractivity contribution in [2.45, 2.75) is 46.2 Å². The second-order valence-electron chi connectivity index (χ2n) is 5.35. The van der Waals surface area contributed by atoms with Gasteiger partial charge in [-0.05, 0) is 26.3 Å². The van der Waals surface area contributed by atoms with Gasteiger partial charge in [-0.2, -0.15) is 18.3 Å². The monoisotopic (exact) mass is 348 g/mol. The number of nitrogens with two attached hydrogens (primary N) is 1. The molecule has 0 aromatic rings. The van der Waals surface area contributed by atoms with Gasteiger partial charge in [0.25, 0.3) is 0 Å². The van der Waals surface area contributed by atoms with E-state index in [1.54, 1.807) is 19.1 Å². The Labute approximate surface area is 139 Å². The molecule has 0 aromatic carbocycles. The minimum atomic E-state index is -4.38. The van der Waals surface area contributed by atoms with Crippen LogP contribution in [-0.2, 0) is 9.59 Å². The first-order valence-corrected chi connectivity index (χ1v) is 7.42. The minimum absolute atomic E-state index is 0.103. The van der Waals surface area contributed by atoms with E-state index in [0.717, 1.165) is 0 Å². The van der Waals surface area contributed by atoms with Gasteiger partial charge in [0, 0.05) is 13.0 Å². The highest BCUT2D eigenvalue weighted by Crippen LogP contribution is 2.25. The summed E-state index contributed by atoms with van der Waals surface area (Å²) >= 11 is 0. The third-order valence-electron chi connectivity index (χ3n) is 3.06. The number of azo groups is 1.